The van der Waals surface area contributed by atoms with Gasteiger partial charge in [-0.25, -0.2) is 13.1 Å². The van der Waals surface area contributed by atoms with Gasteiger partial charge in [-0.15, -0.1) is 0 Å². The molecule has 2 aliphatic rings. The lowest BCUT2D eigenvalue weighted by atomic mass is 9.67. The third-order valence-corrected chi connectivity index (χ3v) is 6.00. The first kappa shape index (κ1) is 15.4. The average Bonchev–Trinajstić information content (AvgIpc) is 2.46. The Morgan fingerprint density at radius 3 is 2.45 bits per heavy atom. The number of carbonyl (C=O) groups is 1. The van der Waals surface area contributed by atoms with Crippen molar-refractivity contribution in [1.29, 1.82) is 0 Å². The van der Waals surface area contributed by atoms with Crippen LogP contribution in [-0.2, 0) is 14.8 Å². The maximum atomic E-state index is 12.3. The molecule has 120 valence electrons. The van der Waals surface area contributed by atoms with Crippen molar-refractivity contribution in [2.45, 2.75) is 43.1 Å². The molecule has 3 rings (SSSR count). The first-order valence-corrected chi connectivity index (χ1v) is 9.07. The molecule has 1 amide bonds. The van der Waals surface area contributed by atoms with Crippen LogP contribution in [0.2, 0.25) is 0 Å². The van der Waals surface area contributed by atoms with Crippen LogP contribution in [-0.4, -0.2) is 30.5 Å². The molecule has 7 heteroatoms. The van der Waals surface area contributed by atoms with Crippen molar-refractivity contribution in [3.8, 4) is 0 Å². The Hall–Kier alpha value is -1.47. The minimum atomic E-state index is -3.85. The monoisotopic (exact) mass is 324 g/mol. The molecular weight excluding hydrogens is 304 g/mol. The lowest BCUT2D eigenvalue weighted by Gasteiger charge is -2.40. The number of rotatable bonds is 3. The van der Waals surface area contributed by atoms with Gasteiger partial charge in [0.15, 0.2) is 0 Å². The van der Waals surface area contributed by atoms with Crippen LogP contribution in [0.15, 0.2) is 29.4 Å². The van der Waals surface area contributed by atoms with Gasteiger partial charge >= 0.3 is 0 Å². The largest absolute Gasteiger partial charge is 0.393 e. The van der Waals surface area contributed by atoms with E-state index in [-0.39, 0.29) is 16.9 Å². The molecule has 0 radical (unpaired) electrons. The number of hydrogen-bond donors (Lipinski definition) is 2. The Kier molecular flexibility index (Phi) is 4.18. The molecule has 2 unspecified atom stereocenters. The van der Waals surface area contributed by atoms with Crippen molar-refractivity contribution in [1.82, 2.24) is 9.71 Å². The maximum absolute atomic E-state index is 12.3. The number of pyridine rings is 1. The SMILES string of the molecule is O=C(NS(=O)(=O)c1cccnc1)C1C[C@H]2CC(O)C[C@@H](C1)C2. The number of carbonyl (C=O) groups excluding carboxylic acids is 1. The highest BCUT2D eigenvalue weighted by atomic mass is 32.2. The number of sulfonamides is 1. The Morgan fingerprint density at radius 1 is 1.18 bits per heavy atom. The van der Waals surface area contributed by atoms with Gasteiger partial charge in [0, 0.05) is 18.3 Å². The highest BCUT2D eigenvalue weighted by molar-refractivity contribution is 7.90. The van der Waals surface area contributed by atoms with E-state index in [4.69, 9.17) is 0 Å². The van der Waals surface area contributed by atoms with Crippen molar-refractivity contribution in [3.63, 3.8) is 0 Å². The third kappa shape index (κ3) is 3.30. The standard InChI is InChI=1S/C15H20N2O4S/c18-13-7-10-4-11(8-13)6-12(5-10)15(19)17-22(20,21)14-2-1-3-16-9-14/h1-3,9-13,18H,4-8H2,(H,17,19)/t10-,11+,12?,13?. The first-order chi connectivity index (χ1) is 10.4. The molecule has 2 fully saturated rings. The number of amides is 1. The molecule has 2 aliphatic carbocycles. The van der Waals surface area contributed by atoms with Crippen molar-refractivity contribution in [2.24, 2.45) is 17.8 Å². The minimum Gasteiger partial charge on any atom is -0.393 e. The van der Waals surface area contributed by atoms with Crippen LogP contribution in [0.1, 0.15) is 32.1 Å². The van der Waals surface area contributed by atoms with E-state index in [1.807, 2.05) is 0 Å². The summed E-state index contributed by atoms with van der Waals surface area (Å²) in [5.74, 6) is -0.0867. The summed E-state index contributed by atoms with van der Waals surface area (Å²) in [6.45, 7) is 0. The van der Waals surface area contributed by atoms with Gasteiger partial charge in [-0.1, -0.05) is 0 Å². The quantitative estimate of drug-likeness (QED) is 0.867. The highest BCUT2D eigenvalue weighted by Gasteiger charge is 2.38. The van der Waals surface area contributed by atoms with E-state index in [1.54, 1.807) is 0 Å². The van der Waals surface area contributed by atoms with Crippen molar-refractivity contribution < 1.29 is 18.3 Å². The molecule has 4 atom stereocenters. The van der Waals surface area contributed by atoms with E-state index >= 15 is 0 Å². The van der Waals surface area contributed by atoms with Crippen LogP contribution in [0.25, 0.3) is 0 Å². The van der Waals surface area contributed by atoms with Crippen LogP contribution in [0.5, 0.6) is 0 Å². The Bertz CT molecular complexity index is 629. The maximum Gasteiger partial charge on any atom is 0.265 e. The van der Waals surface area contributed by atoms with Gasteiger partial charge in [0.2, 0.25) is 5.91 Å². The zero-order chi connectivity index (χ0) is 15.7. The molecule has 0 aromatic carbocycles. The fourth-order valence-electron chi connectivity index (χ4n) is 3.81. The first-order valence-electron chi connectivity index (χ1n) is 7.59. The van der Waals surface area contributed by atoms with Crippen LogP contribution >= 0.6 is 0 Å². The van der Waals surface area contributed by atoms with E-state index < -0.39 is 15.9 Å². The molecule has 2 saturated carbocycles. The second kappa shape index (κ2) is 5.96. The molecule has 6 nitrogen and oxygen atoms in total. The summed E-state index contributed by atoms with van der Waals surface area (Å²) in [7, 11) is -3.85. The van der Waals surface area contributed by atoms with E-state index in [1.165, 1.54) is 24.5 Å². The molecule has 2 bridgehead atoms. The van der Waals surface area contributed by atoms with Gasteiger partial charge in [-0.2, -0.15) is 0 Å². The minimum absolute atomic E-state index is 0.00484. The summed E-state index contributed by atoms with van der Waals surface area (Å²) in [5, 5.41) is 9.77. The van der Waals surface area contributed by atoms with E-state index in [2.05, 4.69) is 9.71 Å². The van der Waals surface area contributed by atoms with Gasteiger partial charge in [0.1, 0.15) is 4.90 Å². The van der Waals surface area contributed by atoms with Crippen LogP contribution in [0, 0.1) is 17.8 Å². The molecule has 2 N–H and O–H groups in total. The molecular formula is C15H20N2O4S. The number of aliphatic hydroxyl groups is 1. The van der Waals surface area contributed by atoms with Gasteiger partial charge in [0.05, 0.1) is 6.10 Å². The smallest absolute Gasteiger partial charge is 0.265 e. The number of aliphatic hydroxyl groups excluding tert-OH is 1. The fraction of sp³-hybridized carbons (Fsp3) is 0.600. The summed E-state index contributed by atoms with van der Waals surface area (Å²) in [6, 6.07) is 2.93. The van der Waals surface area contributed by atoms with Crippen molar-refractivity contribution in [2.75, 3.05) is 0 Å². The van der Waals surface area contributed by atoms with E-state index in [9.17, 15) is 18.3 Å². The van der Waals surface area contributed by atoms with Crippen LogP contribution in [0.3, 0.4) is 0 Å². The molecule has 0 aliphatic heterocycles. The summed E-state index contributed by atoms with van der Waals surface area (Å²) < 4.78 is 26.5. The molecule has 1 aromatic rings. The van der Waals surface area contributed by atoms with Crippen molar-refractivity contribution in [3.05, 3.63) is 24.5 Å². The Labute approximate surface area is 130 Å². The fourth-order valence-corrected chi connectivity index (χ4v) is 4.82. The molecule has 1 aromatic heterocycles. The summed E-state index contributed by atoms with van der Waals surface area (Å²) in [4.78, 5) is 16.1. The van der Waals surface area contributed by atoms with E-state index in [0.29, 0.717) is 24.7 Å². The topological polar surface area (TPSA) is 96.4 Å². The van der Waals surface area contributed by atoms with Gasteiger partial charge < -0.3 is 5.11 Å². The van der Waals surface area contributed by atoms with Crippen molar-refractivity contribution >= 4 is 15.9 Å². The lowest BCUT2D eigenvalue weighted by molar-refractivity contribution is -0.126. The second-order valence-electron chi connectivity index (χ2n) is 6.42. The van der Waals surface area contributed by atoms with Gasteiger partial charge in [-0.05, 0) is 56.1 Å². The zero-order valence-electron chi connectivity index (χ0n) is 12.2. The second-order valence-corrected chi connectivity index (χ2v) is 8.10. The molecule has 22 heavy (non-hydrogen) atoms. The summed E-state index contributed by atoms with van der Waals surface area (Å²) in [6.07, 6.45) is 6.22. The number of aromatic nitrogens is 1. The predicted octanol–water partition coefficient (Wildman–Crippen LogP) is 1.07. The van der Waals surface area contributed by atoms with Gasteiger partial charge in [-0.3, -0.25) is 9.78 Å². The molecule has 1 heterocycles. The highest BCUT2D eigenvalue weighted by Crippen LogP contribution is 2.42. The Morgan fingerprint density at radius 2 is 1.86 bits per heavy atom. The third-order valence-electron chi connectivity index (χ3n) is 4.66. The number of fused-ring (bicyclic) bond motifs is 2. The normalized spacial score (nSPS) is 31.5. The molecule has 0 saturated heterocycles. The average molecular weight is 324 g/mol. The predicted molar refractivity (Wildman–Crippen MR) is 79.1 cm³/mol. The summed E-state index contributed by atoms with van der Waals surface area (Å²) in [5.41, 5.74) is 0. The van der Waals surface area contributed by atoms with E-state index in [0.717, 1.165) is 19.3 Å². The zero-order valence-corrected chi connectivity index (χ0v) is 13.0. The lowest BCUT2D eigenvalue weighted by Crippen LogP contribution is -2.42. The Balaban J connectivity index is 1.68. The van der Waals surface area contributed by atoms with Crippen LogP contribution in [0.4, 0.5) is 0 Å². The summed E-state index contributed by atoms with van der Waals surface area (Å²) >= 11 is 0. The van der Waals surface area contributed by atoms with Gasteiger partial charge in [0.25, 0.3) is 10.0 Å². The molecule has 0 spiro atoms. The number of nitrogens with one attached hydrogen (secondary N) is 1. The number of hydrogen-bond acceptors (Lipinski definition) is 5. The number of nitrogens with zero attached hydrogens (tertiary/aromatic N) is 1. The van der Waals surface area contributed by atoms with Crippen LogP contribution < -0.4 is 4.72 Å².